The topological polar surface area (TPSA) is 66.9 Å². The minimum atomic E-state index is 0.604. The van der Waals surface area contributed by atoms with E-state index in [2.05, 4.69) is 42.0 Å². The van der Waals surface area contributed by atoms with Crippen molar-refractivity contribution in [1.29, 1.82) is 0 Å². The first-order chi connectivity index (χ1) is 11.6. The van der Waals surface area contributed by atoms with E-state index in [0.29, 0.717) is 6.61 Å². The summed E-state index contributed by atoms with van der Waals surface area (Å²) in [4.78, 5) is 19.5. The number of aromatic nitrogens is 4. The molecule has 0 spiro atoms. The van der Waals surface area contributed by atoms with Crippen LogP contribution in [0, 0.1) is 6.92 Å². The van der Waals surface area contributed by atoms with Crippen molar-refractivity contribution >= 4 is 11.0 Å². The molecule has 0 aromatic carbocycles. The van der Waals surface area contributed by atoms with Crippen LogP contribution in [0.3, 0.4) is 0 Å². The van der Waals surface area contributed by atoms with E-state index in [4.69, 9.17) is 14.7 Å². The van der Waals surface area contributed by atoms with Crippen molar-refractivity contribution in [3.63, 3.8) is 0 Å². The van der Waals surface area contributed by atoms with Gasteiger partial charge in [0.2, 0.25) is 0 Å². The molecule has 1 aliphatic heterocycles. The third-order valence-electron chi connectivity index (χ3n) is 4.37. The number of nitrogens with zero attached hydrogens (tertiary/aromatic N) is 4. The van der Waals surface area contributed by atoms with Gasteiger partial charge in [0.25, 0.3) is 0 Å². The molecule has 0 radical (unpaired) electrons. The molecule has 0 fully saturated rings. The van der Waals surface area contributed by atoms with E-state index in [0.717, 1.165) is 58.9 Å². The normalized spacial score (nSPS) is 14.3. The molecule has 124 valence electrons. The minimum absolute atomic E-state index is 0.604. The molecule has 0 atom stereocenters. The van der Waals surface area contributed by atoms with E-state index < -0.39 is 0 Å². The molecule has 1 aliphatic rings. The number of aromatic amines is 1. The van der Waals surface area contributed by atoms with Crippen molar-refractivity contribution in [2.45, 2.75) is 26.5 Å². The van der Waals surface area contributed by atoms with Gasteiger partial charge in [-0.3, -0.25) is 0 Å². The molecule has 0 saturated heterocycles. The Morgan fingerprint density at radius 2 is 2.17 bits per heavy atom. The number of ether oxygens (including phenoxy) is 1. The van der Waals surface area contributed by atoms with E-state index in [1.54, 1.807) is 0 Å². The first kappa shape index (κ1) is 15.2. The van der Waals surface area contributed by atoms with Crippen LogP contribution in [0.5, 0.6) is 0 Å². The average molecular weight is 323 g/mol. The predicted molar refractivity (Wildman–Crippen MR) is 92.6 cm³/mol. The number of fused-ring (bicyclic) bond motifs is 2. The number of nitrogens with one attached hydrogen (secondary N) is 1. The van der Waals surface area contributed by atoms with Crippen molar-refractivity contribution in [1.82, 2.24) is 24.8 Å². The van der Waals surface area contributed by atoms with Crippen LogP contribution in [0.1, 0.15) is 22.5 Å². The third-order valence-corrected chi connectivity index (χ3v) is 4.37. The lowest BCUT2D eigenvalue weighted by Gasteiger charge is -2.21. The highest BCUT2D eigenvalue weighted by molar-refractivity contribution is 5.83. The van der Waals surface area contributed by atoms with Gasteiger partial charge in [-0.15, -0.1) is 0 Å². The second-order valence-electron chi connectivity index (χ2n) is 6.55. The summed E-state index contributed by atoms with van der Waals surface area (Å²) in [7, 11) is 4.10. The Kier molecular flexibility index (Phi) is 3.78. The van der Waals surface area contributed by atoms with Crippen LogP contribution < -0.4 is 0 Å². The van der Waals surface area contributed by atoms with E-state index in [1.165, 1.54) is 5.56 Å². The Morgan fingerprint density at radius 3 is 3.00 bits per heavy atom. The van der Waals surface area contributed by atoms with Gasteiger partial charge in [0, 0.05) is 41.9 Å². The molecule has 3 aromatic heterocycles. The first-order valence-corrected chi connectivity index (χ1v) is 8.17. The third kappa shape index (κ3) is 2.68. The van der Waals surface area contributed by atoms with Gasteiger partial charge in [-0.05, 0) is 32.6 Å². The summed E-state index contributed by atoms with van der Waals surface area (Å²) >= 11 is 0. The lowest BCUT2D eigenvalue weighted by molar-refractivity contribution is 0.107. The molecule has 0 amide bonds. The van der Waals surface area contributed by atoms with Crippen LogP contribution in [0.2, 0.25) is 0 Å². The summed E-state index contributed by atoms with van der Waals surface area (Å²) in [6.45, 7) is 4.18. The standard InChI is InChI=1S/C18H21N5O/c1-11-7-19-18-13(11)6-12(8-20-18)17-21-15-4-5-24-10-14(15)16(22-17)9-23(2)3/h6-8H,4-5,9-10H2,1-3H3,(H,19,20). The zero-order valence-electron chi connectivity index (χ0n) is 14.3. The lowest BCUT2D eigenvalue weighted by Crippen LogP contribution is -2.20. The monoisotopic (exact) mass is 323 g/mol. The zero-order valence-corrected chi connectivity index (χ0v) is 14.3. The predicted octanol–water partition coefficient (Wildman–Crippen LogP) is 2.46. The maximum absolute atomic E-state index is 5.61. The molecule has 6 heteroatoms. The van der Waals surface area contributed by atoms with Gasteiger partial charge in [0.1, 0.15) is 5.65 Å². The Hall–Kier alpha value is -2.31. The number of hydrogen-bond donors (Lipinski definition) is 1. The molecule has 4 rings (SSSR count). The smallest absolute Gasteiger partial charge is 0.161 e. The van der Waals surface area contributed by atoms with Gasteiger partial charge in [0.15, 0.2) is 5.82 Å². The molecule has 4 heterocycles. The highest BCUT2D eigenvalue weighted by atomic mass is 16.5. The van der Waals surface area contributed by atoms with Gasteiger partial charge in [-0.25, -0.2) is 15.0 Å². The second-order valence-corrected chi connectivity index (χ2v) is 6.55. The van der Waals surface area contributed by atoms with E-state index in [1.807, 2.05) is 12.4 Å². The van der Waals surface area contributed by atoms with Gasteiger partial charge in [-0.1, -0.05) is 0 Å². The fourth-order valence-electron chi connectivity index (χ4n) is 3.12. The van der Waals surface area contributed by atoms with Gasteiger partial charge in [0.05, 0.1) is 24.6 Å². The Balaban J connectivity index is 1.85. The van der Waals surface area contributed by atoms with Gasteiger partial charge in [-0.2, -0.15) is 0 Å². The Morgan fingerprint density at radius 1 is 1.29 bits per heavy atom. The SMILES string of the molecule is Cc1c[nH]c2ncc(-c3nc4c(c(CN(C)C)n3)COCC4)cc12. The first-order valence-electron chi connectivity index (χ1n) is 8.17. The molecule has 1 N–H and O–H groups in total. The Labute approximate surface area is 140 Å². The van der Waals surface area contributed by atoms with E-state index >= 15 is 0 Å². The summed E-state index contributed by atoms with van der Waals surface area (Å²) in [5.41, 5.74) is 6.33. The van der Waals surface area contributed by atoms with Crippen molar-refractivity contribution < 1.29 is 4.74 Å². The summed E-state index contributed by atoms with van der Waals surface area (Å²) in [5, 5.41) is 1.12. The molecule has 0 saturated carbocycles. The fourth-order valence-corrected chi connectivity index (χ4v) is 3.12. The van der Waals surface area contributed by atoms with Gasteiger partial charge >= 0.3 is 0 Å². The van der Waals surface area contributed by atoms with Crippen LogP contribution in [-0.2, 0) is 24.3 Å². The Bertz CT molecular complexity index is 900. The number of aryl methyl sites for hydroxylation is 1. The molecule has 0 aliphatic carbocycles. The van der Waals surface area contributed by atoms with Crippen molar-refractivity contribution in [2.75, 3.05) is 20.7 Å². The molecular formula is C18H21N5O. The van der Waals surface area contributed by atoms with E-state index in [9.17, 15) is 0 Å². The lowest BCUT2D eigenvalue weighted by atomic mass is 10.1. The molecule has 0 unspecified atom stereocenters. The largest absolute Gasteiger partial charge is 0.376 e. The summed E-state index contributed by atoms with van der Waals surface area (Å²) in [6.07, 6.45) is 4.66. The zero-order chi connectivity index (χ0) is 16.7. The van der Waals surface area contributed by atoms with Crippen molar-refractivity contribution in [2.24, 2.45) is 0 Å². The second kappa shape index (κ2) is 5.96. The molecule has 3 aromatic rings. The maximum atomic E-state index is 5.61. The average Bonchev–Trinajstić information content (AvgIpc) is 2.95. The van der Waals surface area contributed by atoms with E-state index in [-0.39, 0.29) is 0 Å². The van der Waals surface area contributed by atoms with Crippen LogP contribution in [0.4, 0.5) is 0 Å². The maximum Gasteiger partial charge on any atom is 0.161 e. The van der Waals surface area contributed by atoms with Crippen molar-refractivity contribution in [3.8, 4) is 11.4 Å². The summed E-state index contributed by atoms with van der Waals surface area (Å²) in [5.74, 6) is 0.752. The summed E-state index contributed by atoms with van der Waals surface area (Å²) in [6, 6.07) is 2.12. The number of hydrogen-bond acceptors (Lipinski definition) is 5. The summed E-state index contributed by atoms with van der Waals surface area (Å²) < 4.78 is 5.61. The van der Waals surface area contributed by atoms with Crippen LogP contribution >= 0.6 is 0 Å². The van der Waals surface area contributed by atoms with Crippen molar-refractivity contribution in [3.05, 3.63) is 41.0 Å². The number of H-pyrrole nitrogens is 1. The molecule has 6 nitrogen and oxygen atoms in total. The minimum Gasteiger partial charge on any atom is -0.376 e. The molecule has 0 bridgehead atoms. The molecular weight excluding hydrogens is 302 g/mol. The number of pyridine rings is 1. The highest BCUT2D eigenvalue weighted by Crippen LogP contribution is 2.26. The number of rotatable bonds is 3. The van der Waals surface area contributed by atoms with Crippen LogP contribution in [-0.4, -0.2) is 45.5 Å². The van der Waals surface area contributed by atoms with Crippen LogP contribution in [0.15, 0.2) is 18.5 Å². The fraction of sp³-hybridized carbons (Fsp3) is 0.389. The van der Waals surface area contributed by atoms with Gasteiger partial charge < -0.3 is 14.6 Å². The quantitative estimate of drug-likeness (QED) is 0.802. The van der Waals surface area contributed by atoms with Crippen LogP contribution in [0.25, 0.3) is 22.4 Å². The highest BCUT2D eigenvalue weighted by Gasteiger charge is 2.19. The molecule has 24 heavy (non-hydrogen) atoms.